The van der Waals surface area contributed by atoms with Crippen LogP contribution in [0.15, 0.2) is 44.8 Å². The number of aryl methyl sites for hydroxylation is 4. The molecule has 0 bridgehead atoms. The molecule has 0 saturated carbocycles. The van der Waals surface area contributed by atoms with Crippen LogP contribution in [0.4, 0.5) is 5.82 Å². The number of carbonyl (C=O) groups is 1. The number of thiophene rings is 1. The maximum atomic E-state index is 13.6. The van der Waals surface area contributed by atoms with Crippen molar-refractivity contribution in [2.24, 2.45) is 0 Å². The van der Waals surface area contributed by atoms with Crippen molar-refractivity contribution in [2.45, 2.75) is 38.3 Å². The maximum Gasteiger partial charge on any atom is 0.267 e. The lowest BCUT2D eigenvalue weighted by atomic mass is 10.2. The predicted octanol–water partition coefficient (Wildman–Crippen LogP) is 4.27. The number of nitrogens with one attached hydrogen (secondary N) is 1. The summed E-state index contributed by atoms with van der Waals surface area (Å²) >= 11 is 2.84. The first-order chi connectivity index (χ1) is 15.0. The van der Waals surface area contributed by atoms with Gasteiger partial charge in [0.2, 0.25) is 5.91 Å². The first-order valence-electron chi connectivity index (χ1n) is 10.00. The standard InChI is InChI=1S/C22H20N4O3S2/c1-12-6-8-14(9-7-12)26-21(28)19-15-4-3-5-16(15)31-20(19)24-22(26)30-11-18(27)23-17-10-13(2)29-25-17/h6-10H,3-5,11H2,1-2H3,(H,23,25,27). The van der Waals surface area contributed by atoms with E-state index in [1.165, 1.54) is 16.6 Å². The van der Waals surface area contributed by atoms with Gasteiger partial charge in [-0.3, -0.25) is 14.2 Å². The van der Waals surface area contributed by atoms with Crippen molar-refractivity contribution in [2.75, 3.05) is 11.1 Å². The second-order valence-corrected chi connectivity index (χ2v) is 9.59. The number of benzene rings is 1. The summed E-state index contributed by atoms with van der Waals surface area (Å²) in [5, 5.41) is 7.72. The van der Waals surface area contributed by atoms with Crippen molar-refractivity contribution >= 4 is 45.0 Å². The van der Waals surface area contributed by atoms with Gasteiger partial charge in [0.1, 0.15) is 10.6 Å². The van der Waals surface area contributed by atoms with E-state index in [1.54, 1.807) is 28.9 Å². The predicted molar refractivity (Wildman–Crippen MR) is 123 cm³/mol. The molecule has 0 atom stereocenters. The van der Waals surface area contributed by atoms with Gasteiger partial charge < -0.3 is 9.84 Å². The fourth-order valence-corrected chi connectivity index (χ4v) is 5.89. The van der Waals surface area contributed by atoms with Gasteiger partial charge in [0.25, 0.3) is 5.56 Å². The largest absolute Gasteiger partial charge is 0.360 e. The van der Waals surface area contributed by atoms with Crippen LogP contribution in [0.3, 0.4) is 0 Å². The SMILES string of the molecule is Cc1ccc(-n2c(SCC(=O)Nc3cc(C)on3)nc3sc4c(c3c2=O)CCC4)cc1. The molecule has 1 aliphatic rings. The monoisotopic (exact) mass is 452 g/mol. The van der Waals surface area contributed by atoms with Gasteiger partial charge >= 0.3 is 0 Å². The first kappa shape index (κ1) is 20.0. The summed E-state index contributed by atoms with van der Waals surface area (Å²) in [5.41, 5.74) is 2.94. The Bertz CT molecular complexity index is 1350. The molecule has 3 heterocycles. The van der Waals surface area contributed by atoms with E-state index in [-0.39, 0.29) is 17.2 Å². The normalized spacial score (nSPS) is 13.0. The summed E-state index contributed by atoms with van der Waals surface area (Å²) in [6, 6.07) is 9.43. The zero-order valence-corrected chi connectivity index (χ0v) is 18.7. The topological polar surface area (TPSA) is 90.0 Å². The fraction of sp³-hybridized carbons (Fsp3) is 0.273. The number of nitrogens with zero attached hydrogens (tertiary/aromatic N) is 3. The molecule has 5 rings (SSSR count). The van der Waals surface area contributed by atoms with Crippen LogP contribution in [0.2, 0.25) is 0 Å². The Hall–Kier alpha value is -2.91. The average Bonchev–Trinajstić information content (AvgIpc) is 3.43. The molecule has 1 aliphatic carbocycles. The molecule has 0 spiro atoms. The number of amides is 1. The third-order valence-electron chi connectivity index (χ3n) is 5.23. The van der Waals surface area contributed by atoms with Crippen molar-refractivity contribution in [1.29, 1.82) is 0 Å². The number of aromatic nitrogens is 3. The zero-order chi connectivity index (χ0) is 21.5. The van der Waals surface area contributed by atoms with Gasteiger partial charge in [0, 0.05) is 10.9 Å². The Morgan fingerprint density at radius 3 is 2.81 bits per heavy atom. The molecule has 1 aromatic carbocycles. The van der Waals surface area contributed by atoms with Crippen molar-refractivity contribution < 1.29 is 9.32 Å². The molecule has 0 radical (unpaired) electrons. The van der Waals surface area contributed by atoms with E-state index in [2.05, 4.69) is 10.5 Å². The Labute approximate surface area is 186 Å². The highest BCUT2D eigenvalue weighted by Gasteiger charge is 2.24. The lowest BCUT2D eigenvalue weighted by Crippen LogP contribution is -2.23. The molecular formula is C22H20N4O3S2. The Morgan fingerprint density at radius 1 is 1.26 bits per heavy atom. The van der Waals surface area contributed by atoms with Crippen LogP contribution in [0.25, 0.3) is 15.9 Å². The molecule has 1 amide bonds. The van der Waals surface area contributed by atoms with Crippen LogP contribution in [-0.2, 0) is 17.6 Å². The van der Waals surface area contributed by atoms with Crippen molar-refractivity contribution in [3.63, 3.8) is 0 Å². The third kappa shape index (κ3) is 3.79. The van der Waals surface area contributed by atoms with Gasteiger partial charge in [-0.15, -0.1) is 11.3 Å². The number of anilines is 1. The zero-order valence-electron chi connectivity index (χ0n) is 17.1. The van der Waals surface area contributed by atoms with Crippen LogP contribution in [-0.4, -0.2) is 26.4 Å². The molecule has 0 fully saturated rings. The van der Waals surface area contributed by atoms with Gasteiger partial charge in [-0.25, -0.2) is 4.98 Å². The van der Waals surface area contributed by atoms with Crippen LogP contribution in [0, 0.1) is 13.8 Å². The van der Waals surface area contributed by atoms with Crippen LogP contribution in [0.1, 0.15) is 28.2 Å². The van der Waals surface area contributed by atoms with Gasteiger partial charge in [0.15, 0.2) is 11.0 Å². The second kappa shape index (κ2) is 7.97. The van der Waals surface area contributed by atoms with Gasteiger partial charge in [-0.2, -0.15) is 0 Å². The fourth-order valence-electron chi connectivity index (χ4n) is 3.78. The lowest BCUT2D eigenvalue weighted by molar-refractivity contribution is -0.113. The van der Waals surface area contributed by atoms with Gasteiger partial charge in [-0.1, -0.05) is 34.6 Å². The number of rotatable bonds is 5. The average molecular weight is 453 g/mol. The van der Waals surface area contributed by atoms with E-state index < -0.39 is 0 Å². The minimum absolute atomic E-state index is 0.0664. The summed E-state index contributed by atoms with van der Waals surface area (Å²) in [7, 11) is 0. The van der Waals surface area contributed by atoms with Crippen molar-refractivity contribution in [1.82, 2.24) is 14.7 Å². The highest BCUT2D eigenvalue weighted by molar-refractivity contribution is 7.99. The van der Waals surface area contributed by atoms with E-state index in [0.29, 0.717) is 16.7 Å². The molecular weight excluding hydrogens is 432 g/mol. The highest BCUT2D eigenvalue weighted by Crippen LogP contribution is 2.36. The second-order valence-electron chi connectivity index (χ2n) is 7.57. The molecule has 3 aromatic heterocycles. The molecule has 0 saturated heterocycles. The lowest BCUT2D eigenvalue weighted by Gasteiger charge is -2.12. The Morgan fingerprint density at radius 2 is 2.06 bits per heavy atom. The minimum Gasteiger partial charge on any atom is -0.360 e. The molecule has 7 nitrogen and oxygen atoms in total. The minimum atomic E-state index is -0.239. The van der Waals surface area contributed by atoms with Crippen LogP contribution < -0.4 is 10.9 Å². The summed E-state index contributed by atoms with van der Waals surface area (Å²) in [5.74, 6) is 0.851. The number of fused-ring (bicyclic) bond motifs is 3. The van der Waals surface area contributed by atoms with Crippen LogP contribution in [0.5, 0.6) is 0 Å². The van der Waals surface area contributed by atoms with E-state index in [4.69, 9.17) is 9.51 Å². The van der Waals surface area contributed by atoms with Crippen molar-refractivity contribution in [3.8, 4) is 5.69 Å². The quantitative estimate of drug-likeness (QED) is 0.359. The number of carbonyl (C=O) groups excluding carboxylic acids is 1. The Kier molecular flexibility index (Phi) is 5.15. The van der Waals surface area contributed by atoms with E-state index >= 15 is 0 Å². The molecule has 31 heavy (non-hydrogen) atoms. The summed E-state index contributed by atoms with van der Waals surface area (Å²) in [6.07, 6.45) is 3.01. The number of hydrogen-bond donors (Lipinski definition) is 1. The van der Waals surface area contributed by atoms with E-state index in [9.17, 15) is 9.59 Å². The number of thioether (sulfide) groups is 1. The number of hydrogen-bond acceptors (Lipinski definition) is 7. The summed E-state index contributed by atoms with van der Waals surface area (Å²) in [6.45, 7) is 3.76. The third-order valence-corrected chi connectivity index (χ3v) is 7.35. The smallest absolute Gasteiger partial charge is 0.267 e. The first-order valence-corrected chi connectivity index (χ1v) is 11.8. The molecule has 1 N–H and O–H groups in total. The van der Waals surface area contributed by atoms with Gasteiger partial charge in [0.05, 0.1) is 16.8 Å². The summed E-state index contributed by atoms with van der Waals surface area (Å²) < 4.78 is 6.61. The molecule has 0 aliphatic heterocycles. The molecule has 158 valence electrons. The maximum absolute atomic E-state index is 13.6. The Balaban J connectivity index is 1.53. The van der Waals surface area contributed by atoms with E-state index in [1.807, 2.05) is 31.2 Å². The van der Waals surface area contributed by atoms with Gasteiger partial charge in [-0.05, 0) is 50.8 Å². The van der Waals surface area contributed by atoms with E-state index in [0.717, 1.165) is 46.3 Å². The van der Waals surface area contributed by atoms with Crippen LogP contribution >= 0.6 is 23.1 Å². The molecule has 0 unspecified atom stereocenters. The molecule has 9 heteroatoms. The van der Waals surface area contributed by atoms with Crippen molar-refractivity contribution in [3.05, 3.63) is 62.4 Å². The summed E-state index contributed by atoms with van der Waals surface area (Å²) in [4.78, 5) is 32.8. The molecule has 4 aromatic rings. The highest BCUT2D eigenvalue weighted by atomic mass is 32.2.